The van der Waals surface area contributed by atoms with Crippen molar-refractivity contribution in [2.75, 3.05) is 7.11 Å². The second-order valence-electron chi connectivity index (χ2n) is 3.30. The fourth-order valence-corrected chi connectivity index (χ4v) is 1.32. The van der Waals surface area contributed by atoms with Gasteiger partial charge < -0.3 is 9.15 Å². The molecule has 0 unspecified atom stereocenters. The lowest BCUT2D eigenvalue weighted by molar-refractivity contribution is 0.0554. The number of hydrogen-bond donors (Lipinski definition) is 0. The summed E-state index contributed by atoms with van der Waals surface area (Å²) in [5.41, 5.74) is 0.685. The fourth-order valence-electron chi connectivity index (χ4n) is 1.32. The van der Waals surface area contributed by atoms with Gasteiger partial charge in [-0.25, -0.2) is 9.18 Å². The summed E-state index contributed by atoms with van der Waals surface area (Å²) in [5, 5.41) is 7.19. The van der Waals surface area contributed by atoms with Crippen LogP contribution in [-0.2, 0) is 11.2 Å². The number of hydrogen-bond acceptors (Lipinski definition) is 5. The summed E-state index contributed by atoms with van der Waals surface area (Å²) in [6.45, 7) is 0. The molecule has 0 spiro atoms. The van der Waals surface area contributed by atoms with E-state index >= 15 is 0 Å². The molecule has 0 N–H and O–H groups in total. The lowest BCUT2D eigenvalue weighted by Crippen LogP contribution is -2.00. The van der Waals surface area contributed by atoms with E-state index < -0.39 is 5.97 Å². The van der Waals surface area contributed by atoms with Crippen LogP contribution in [0.5, 0.6) is 0 Å². The van der Waals surface area contributed by atoms with Crippen molar-refractivity contribution in [2.24, 2.45) is 0 Å². The van der Waals surface area contributed by atoms with Crippen molar-refractivity contribution in [1.29, 1.82) is 0 Å². The Kier molecular flexibility index (Phi) is 3.13. The number of halogens is 1. The molecule has 0 amide bonds. The molecule has 88 valence electrons. The van der Waals surface area contributed by atoms with Gasteiger partial charge in [0, 0.05) is 0 Å². The number of carbonyl (C=O) groups excluding carboxylic acids is 1. The molecule has 0 aliphatic heterocycles. The van der Waals surface area contributed by atoms with E-state index in [1.807, 2.05) is 0 Å². The molecule has 5 nitrogen and oxygen atoms in total. The molecule has 6 heteroatoms. The van der Waals surface area contributed by atoms with Gasteiger partial charge in [-0.15, -0.1) is 10.2 Å². The minimum Gasteiger partial charge on any atom is -0.462 e. The monoisotopic (exact) mass is 236 g/mol. The normalized spacial score (nSPS) is 10.2. The van der Waals surface area contributed by atoms with Gasteiger partial charge in [0.2, 0.25) is 5.89 Å². The van der Waals surface area contributed by atoms with Crippen LogP contribution < -0.4 is 0 Å². The molecule has 1 aromatic carbocycles. The number of nitrogens with zero attached hydrogens (tertiary/aromatic N) is 2. The van der Waals surface area contributed by atoms with E-state index in [2.05, 4.69) is 14.9 Å². The molecular weight excluding hydrogens is 227 g/mol. The molecule has 0 saturated heterocycles. The van der Waals surface area contributed by atoms with Crippen LogP contribution in [0.15, 0.2) is 28.7 Å². The molecule has 17 heavy (non-hydrogen) atoms. The number of rotatable bonds is 3. The van der Waals surface area contributed by atoms with Crippen LogP contribution in [0, 0.1) is 5.82 Å². The Morgan fingerprint density at radius 1 is 1.47 bits per heavy atom. The highest BCUT2D eigenvalue weighted by atomic mass is 19.1. The lowest BCUT2D eigenvalue weighted by atomic mass is 10.1. The van der Waals surface area contributed by atoms with E-state index in [0.717, 1.165) is 0 Å². The standard InChI is InChI=1S/C11H9FN2O3/c1-16-11(15)10-14-13-9(17-10)6-7-3-2-4-8(12)5-7/h2-5H,6H2,1H3. The zero-order valence-electron chi connectivity index (χ0n) is 9.01. The highest BCUT2D eigenvalue weighted by Crippen LogP contribution is 2.10. The topological polar surface area (TPSA) is 65.2 Å². The van der Waals surface area contributed by atoms with Crippen molar-refractivity contribution in [2.45, 2.75) is 6.42 Å². The van der Waals surface area contributed by atoms with Crippen LogP contribution >= 0.6 is 0 Å². The molecule has 2 rings (SSSR count). The first kappa shape index (κ1) is 11.3. The summed E-state index contributed by atoms with van der Waals surface area (Å²) in [4.78, 5) is 11.1. The van der Waals surface area contributed by atoms with E-state index in [4.69, 9.17) is 4.42 Å². The third-order valence-corrected chi connectivity index (χ3v) is 2.07. The van der Waals surface area contributed by atoms with Gasteiger partial charge in [-0.2, -0.15) is 0 Å². The number of carbonyl (C=O) groups is 1. The van der Waals surface area contributed by atoms with Crippen molar-refractivity contribution in [1.82, 2.24) is 10.2 Å². The first-order chi connectivity index (χ1) is 8.19. The molecule has 0 saturated carbocycles. The number of aromatic nitrogens is 2. The average Bonchev–Trinajstić information content (AvgIpc) is 2.76. The Morgan fingerprint density at radius 3 is 3.00 bits per heavy atom. The predicted octanol–water partition coefficient (Wildman–Crippen LogP) is 1.59. The fraction of sp³-hybridized carbons (Fsp3) is 0.182. The van der Waals surface area contributed by atoms with E-state index in [-0.39, 0.29) is 24.0 Å². The first-order valence-corrected chi connectivity index (χ1v) is 4.84. The van der Waals surface area contributed by atoms with Crippen molar-refractivity contribution in [3.8, 4) is 0 Å². The van der Waals surface area contributed by atoms with Crippen LogP contribution in [0.3, 0.4) is 0 Å². The Hall–Kier alpha value is -2.24. The van der Waals surface area contributed by atoms with Gasteiger partial charge in [-0.05, 0) is 17.7 Å². The third kappa shape index (κ3) is 2.66. The van der Waals surface area contributed by atoms with Crippen molar-refractivity contribution in [3.63, 3.8) is 0 Å². The molecule has 0 aliphatic rings. The van der Waals surface area contributed by atoms with E-state index in [1.54, 1.807) is 12.1 Å². The number of esters is 1. The van der Waals surface area contributed by atoms with Gasteiger partial charge in [-0.1, -0.05) is 12.1 Å². The van der Waals surface area contributed by atoms with Crippen LogP contribution in [0.2, 0.25) is 0 Å². The maximum Gasteiger partial charge on any atom is 0.396 e. The van der Waals surface area contributed by atoms with Crippen LogP contribution in [0.25, 0.3) is 0 Å². The summed E-state index contributed by atoms with van der Waals surface area (Å²) in [5.74, 6) is -1.01. The largest absolute Gasteiger partial charge is 0.462 e. The highest BCUT2D eigenvalue weighted by Gasteiger charge is 2.15. The lowest BCUT2D eigenvalue weighted by Gasteiger charge is -1.96. The number of methoxy groups -OCH3 is 1. The highest BCUT2D eigenvalue weighted by molar-refractivity contribution is 5.83. The van der Waals surface area contributed by atoms with Gasteiger partial charge in [0.15, 0.2) is 0 Å². The Bertz CT molecular complexity index is 539. The summed E-state index contributed by atoms with van der Waals surface area (Å²) in [7, 11) is 1.22. The van der Waals surface area contributed by atoms with E-state index in [9.17, 15) is 9.18 Å². The van der Waals surface area contributed by atoms with Gasteiger partial charge >= 0.3 is 11.9 Å². The average molecular weight is 236 g/mol. The maximum absolute atomic E-state index is 12.9. The number of benzene rings is 1. The summed E-state index contributed by atoms with van der Waals surface area (Å²) in [6, 6.07) is 6.02. The zero-order chi connectivity index (χ0) is 12.3. The molecule has 0 bridgehead atoms. The SMILES string of the molecule is COC(=O)c1nnc(Cc2cccc(F)c2)o1. The first-order valence-electron chi connectivity index (χ1n) is 4.84. The molecule has 1 aromatic heterocycles. The molecular formula is C11H9FN2O3. The Morgan fingerprint density at radius 2 is 2.29 bits per heavy atom. The van der Waals surface area contributed by atoms with Crippen molar-refractivity contribution < 1.29 is 18.3 Å². The third-order valence-electron chi connectivity index (χ3n) is 2.07. The van der Waals surface area contributed by atoms with Gasteiger partial charge in [-0.3, -0.25) is 0 Å². The smallest absolute Gasteiger partial charge is 0.396 e. The molecule has 0 fully saturated rings. The predicted molar refractivity (Wildman–Crippen MR) is 54.8 cm³/mol. The van der Waals surface area contributed by atoms with Crippen molar-refractivity contribution in [3.05, 3.63) is 47.4 Å². The summed E-state index contributed by atoms with van der Waals surface area (Å²) >= 11 is 0. The van der Waals surface area contributed by atoms with Crippen LogP contribution in [0.1, 0.15) is 22.1 Å². The van der Waals surface area contributed by atoms with E-state index in [0.29, 0.717) is 5.56 Å². The summed E-state index contributed by atoms with van der Waals surface area (Å²) < 4.78 is 22.4. The second kappa shape index (κ2) is 4.73. The zero-order valence-corrected chi connectivity index (χ0v) is 9.01. The minimum absolute atomic E-state index is 0.209. The van der Waals surface area contributed by atoms with Gasteiger partial charge in [0.1, 0.15) is 5.82 Å². The van der Waals surface area contributed by atoms with Gasteiger partial charge in [0.25, 0.3) is 0 Å². The Labute approximate surface area is 96.2 Å². The Balaban J connectivity index is 2.14. The summed E-state index contributed by atoms with van der Waals surface area (Å²) in [6.07, 6.45) is 0.266. The molecule has 2 aromatic rings. The maximum atomic E-state index is 12.9. The molecule has 0 radical (unpaired) electrons. The molecule has 0 atom stereocenters. The van der Waals surface area contributed by atoms with Crippen LogP contribution in [0.4, 0.5) is 4.39 Å². The molecule has 1 heterocycles. The van der Waals surface area contributed by atoms with Crippen molar-refractivity contribution >= 4 is 5.97 Å². The van der Waals surface area contributed by atoms with E-state index in [1.165, 1.54) is 19.2 Å². The number of ether oxygens (including phenoxy) is 1. The quantitative estimate of drug-likeness (QED) is 0.757. The molecule has 0 aliphatic carbocycles. The van der Waals surface area contributed by atoms with Crippen LogP contribution in [-0.4, -0.2) is 23.3 Å². The second-order valence-corrected chi connectivity index (χ2v) is 3.30. The minimum atomic E-state index is -0.692. The van der Waals surface area contributed by atoms with Gasteiger partial charge in [0.05, 0.1) is 13.5 Å².